The van der Waals surface area contributed by atoms with Crippen LogP contribution in [-0.2, 0) is 0 Å². The van der Waals surface area contributed by atoms with E-state index in [0.717, 1.165) is 5.92 Å². The highest BCUT2D eigenvalue weighted by Crippen LogP contribution is 2.24. The van der Waals surface area contributed by atoms with E-state index in [9.17, 15) is 0 Å². The fourth-order valence-corrected chi connectivity index (χ4v) is 1.97. The Hall–Kier alpha value is -1.30. The number of hydrogen-bond donors (Lipinski definition) is 0. The maximum absolute atomic E-state index is 2.38. The molecule has 0 bridgehead atoms. The van der Waals surface area contributed by atoms with E-state index < -0.39 is 0 Å². The van der Waals surface area contributed by atoms with E-state index in [1.807, 2.05) is 0 Å². The van der Waals surface area contributed by atoms with Gasteiger partial charge in [-0.3, -0.25) is 0 Å². The SMILES string of the molecule is CC1=CCC(/C=C/c2ccccc2)CC1. The Bertz CT molecular complexity index is 357. The molecule has 78 valence electrons. The van der Waals surface area contributed by atoms with Crippen LogP contribution in [0.25, 0.3) is 6.08 Å². The van der Waals surface area contributed by atoms with Crippen molar-refractivity contribution in [2.75, 3.05) is 0 Å². The van der Waals surface area contributed by atoms with Gasteiger partial charge in [0.2, 0.25) is 0 Å². The van der Waals surface area contributed by atoms with Crippen LogP contribution < -0.4 is 0 Å². The van der Waals surface area contributed by atoms with Crippen LogP contribution >= 0.6 is 0 Å². The van der Waals surface area contributed by atoms with E-state index in [0.29, 0.717) is 0 Å². The molecule has 0 heteroatoms. The molecule has 0 nitrogen and oxygen atoms in total. The largest absolute Gasteiger partial charge is 0.0850 e. The summed E-state index contributed by atoms with van der Waals surface area (Å²) < 4.78 is 0. The van der Waals surface area contributed by atoms with E-state index in [4.69, 9.17) is 0 Å². The number of benzene rings is 1. The van der Waals surface area contributed by atoms with Crippen LogP contribution in [0.15, 0.2) is 48.1 Å². The summed E-state index contributed by atoms with van der Waals surface area (Å²) in [5.41, 5.74) is 2.86. The summed E-state index contributed by atoms with van der Waals surface area (Å²) in [6.45, 7) is 2.23. The fraction of sp³-hybridized carbons (Fsp3) is 0.333. The fourth-order valence-electron chi connectivity index (χ4n) is 1.97. The molecule has 1 aliphatic carbocycles. The number of rotatable bonds is 2. The highest BCUT2D eigenvalue weighted by molar-refractivity contribution is 5.49. The Morgan fingerprint density at radius 3 is 2.67 bits per heavy atom. The predicted molar refractivity (Wildman–Crippen MR) is 66.6 cm³/mol. The van der Waals surface area contributed by atoms with Crippen LogP contribution in [0.3, 0.4) is 0 Å². The Morgan fingerprint density at radius 2 is 2.00 bits per heavy atom. The molecule has 0 aliphatic heterocycles. The lowest BCUT2D eigenvalue weighted by molar-refractivity contribution is 0.569. The van der Waals surface area contributed by atoms with E-state index in [1.165, 1.54) is 24.8 Å². The third kappa shape index (κ3) is 3.09. The molecular formula is C15H18. The zero-order valence-corrected chi connectivity index (χ0v) is 9.32. The normalized spacial score (nSPS) is 21.7. The third-order valence-electron chi connectivity index (χ3n) is 3.04. The molecule has 0 N–H and O–H groups in total. The molecular weight excluding hydrogens is 180 g/mol. The maximum Gasteiger partial charge on any atom is -0.0192 e. The van der Waals surface area contributed by atoms with Gasteiger partial charge in [-0.25, -0.2) is 0 Å². The van der Waals surface area contributed by atoms with E-state index in [-0.39, 0.29) is 0 Å². The van der Waals surface area contributed by atoms with Gasteiger partial charge in [0.1, 0.15) is 0 Å². The van der Waals surface area contributed by atoms with Crippen molar-refractivity contribution in [3.63, 3.8) is 0 Å². The van der Waals surface area contributed by atoms with Crippen molar-refractivity contribution in [2.45, 2.75) is 26.2 Å². The smallest absolute Gasteiger partial charge is 0.0192 e. The van der Waals surface area contributed by atoms with Gasteiger partial charge in [-0.2, -0.15) is 0 Å². The van der Waals surface area contributed by atoms with E-state index in [2.05, 4.69) is 55.5 Å². The van der Waals surface area contributed by atoms with E-state index >= 15 is 0 Å². The Balaban J connectivity index is 1.95. The van der Waals surface area contributed by atoms with Crippen molar-refractivity contribution in [2.24, 2.45) is 5.92 Å². The van der Waals surface area contributed by atoms with Gasteiger partial charge in [0.25, 0.3) is 0 Å². The molecule has 0 radical (unpaired) electrons. The zero-order chi connectivity index (χ0) is 10.5. The van der Waals surface area contributed by atoms with Crippen LogP contribution in [0.2, 0.25) is 0 Å². The molecule has 2 rings (SSSR count). The zero-order valence-electron chi connectivity index (χ0n) is 9.32. The molecule has 0 saturated heterocycles. The van der Waals surface area contributed by atoms with Gasteiger partial charge in [-0.1, -0.05) is 54.1 Å². The van der Waals surface area contributed by atoms with Crippen molar-refractivity contribution < 1.29 is 0 Å². The molecule has 0 saturated carbocycles. The first-order chi connectivity index (χ1) is 7.34. The van der Waals surface area contributed by atoms with Crippen molar-refractivity contribution in [1.29, 1.82) is 0 Å². The minimum absolute atomic E-state index is 0.744. The van der Waals surface area contributed by atoms with Gasteiger partial charge in [0.05, 0.1) is 0 Å². The molecule has 0 spiro atoms. The molecule has 15 heavy (non-hydrogen) atoms. The lowest BCUT2D eigenvalue weighted by atomic mass is 9.90. The van der Waals surface area contributed by atoms with Gasteiger partial charge >= 0.3 is 0 Å². The predicted octanol–water partition coefficient (Wildman–Crippen LogP) is 4.45. The summed E-state index contributed by atoms with van der Waals surface area (Å²) in [5, 5.41) is 0. The van der Waals surface area contributed by atoms with Crippen LogP contribution in [0, 0.1) is 5.92 Å². The second kappa shape index (κ2) is 4.97. The minimum Gasteiger partial charge on any atom is -0.0850 e. The molecule has 1 unspecified atom stereocenters. The molecule has 1 aromatic carbocycles. The molecule has 0 fully saturated rings. The number of allylic oxidation sites excluding steroid dienone is 3. The summed E-state index contributed by atoms with van der Waals surface area (Å²) in [4.78, 5) is 0. The first-order valence-electron chi connectivity index (χ1n) is 5.73. The van der Waals surface area contributed by atoms with Crippen LogP contribution in [0.4, 0.5) is 0 Å². The molecule has 0 aromatic heterocycles. The monoisotopic (exact) mass is 198 g/mol. The minimum atomic E-state index is 0.744. The first kappa shape index (κ1) is 10.2. The van der Waals surface area contributed by atoms with Crippen LogP contribution in [0.1, 0.15) is 31.7 Å². The average Bonchev–Trinajstić information content (AvgIpc) is 2.30. The third-order valence-corrected chi connectivity index (χ3v) is 3.04. The van der Waals surface area contributed by atoms with Gasteiger partial charge < -0.3 is 0 Å². The molecule has 1 aliphatic rings. The quantitative estimate of drug-likeness (QED) is 0.616. The highest BCUT2D eigenvalue weighted by atomic mass is 14.1. The van der Waals surface area contributed by atoms with Gasteiger partial charge in [0, 0.05) is 0 Å². The van der Waals surface area contributed by atoms with Crippen LogP contribution in [-0.4, -0.2) is 0 Å². The maximum atomic E-state index is 2.38. The van der Waals surface area contributed by atoms with Gasteiger partial charge in [-0.05, 0) is 37.7 Å². The summed E-state index contributed by atoms with van der Waals surface area (Å²) in [5.74, 6) is 0.744. The van der Waals surface area contributed by atoms with Crippen LogP contribution in [0.5, 0.6) is 0 Å². The Morgan fingerprint density at radius 1 is 1.20 bits per heavy atom. The van der Waals surface area contributed by atoms with Gasteiger partial charge in [-0.15, -0.1) is 0 Å². The highest BCUT2D eigenvalue weighted by Gasteiger charge is 2.08. The second-order valence-electron chi connectivity index (χ2n) is 4.35. The molecule has 1 aromatic rings. The molecule has 1 atom stereocenters. The standard InChI is InChI=1S/C15H18/c1-13-7-9-15(10-8-13)12-11-14-5-3-2-4-6-14/h2-7,11-12,15H,8-10H2,1H3/b12-11+. The lowest BCUT2D eigenvalue weighted by Gasteiger charge is -2.16. The summed E-state index contributed by atoms with van der Waals surface area (Å²) >= 11 is 0. The number of hydrogen-bond acceptors (Lipinski definition) is 0. The lowest BCUT2D eigenvalue weighted by Crippen LogP contribution is -2.00. The van der Waals surface area contributed by atoms with Crippen molar-refractivity contribution in [3.8, 4) is 0 Å². The topological polar surface area (TPSA) is 0 Å². The average molecular weight is 198 g/mol. The summed E-state index contributed by atoms with van der Waals surface area (Å²) in [7, 11) is 0. The van der Waals surface area contributed by atoms with Crippen molar-refractivity contribution >= 4 is 6.08 Å². The van der Waals surface area contributed by atoms with E-state index in [1.54, 1.807) is 5.57 Å². The van der Waals surface area contributed by atoms with Crippen molar-refractivity contribution in [3.05, 3.63) is 53.6 Å². The molecule has 0 heterocycles. The molecule has 0 amide bonds. The van der Waals surface area contributed by atoms with Crippen molar-refractivity contribution in [1.82, 2.24) is 0 Å². The Kier molecular flexibility index (Phi) is 3.39. The van der Waals surface area contributed by atoms with Gasteiger partial charge in [0.15, 0.2) is 0 Å². The Labute approximate surface area is 92.3 Å². The first-order valence-corrected chi connectivity index (χ1v) is 5.73. The summed E-state index contributed by atoms with van der Waals surface area (Å²) in [6, 6.07) is 10.5. The second-order valence-corrected chi connectivity index (χ2v) is 4.35. The summed E-state index contributed by atoms with van der Waals surface area (Å²) in [6.07, 6.45) is 10.8.